The Morgan fingerprint density at radius 1 is 1.29 bits per heavy atom. The van der Waals surface area contributed by atoms with E-state index in [1.807, 2.05) is 38.1 Å². The summed E-state index contributed by atoms with van der Waals surface area (Å²) >= 11 is 0. The molecule has 0 unspecified atom stereocenters. The molecule has 0 aromatic carbocycles. The first-order valence-electron chi connectivity index (χ1n) is 5.53. The highest BCUT2D eigenvalue weighted by molar-refractivity contribution is 5.53. The van der Waals surface area contributed by atoms with Crippen LogP contribution in [0.5, 0.6) is 0 Å². The molecule has 0 bridgehead atoms. The third-order valence-electron chi connectivity index (χ3n) is 2.54. The molecule has 88 valence electrons. The monoisotopic (exact) mass is 228 g/mol. The topological polar surface area (TPSA) is 63.8 Å². The Labute approximate surface area is 101 Å². The van der Waals surface area contributed by atoms with Crippen molar-refractivity contribution in [2.75, 3.05) is 11.1 Å². The molecule has 0 amide bonds. The fourth-order valence-corrected chi connectivity index (χ4v) is 1.52. The average Bonchev–Trinajstić information content (AvgIpc) is 2.31. The van der Waals surface area contributed by atoms with Crippen LogP contribution in [0.3, 0.4) is 0 Å². The molecule has 0 atom stereocenters. The molecule has 2 rings (SSSR count). The first-order chi connectivity index (χ1) is 8.15. The van der Waals surface area contributed by atoms with Gasteiger partial charge in [0.2, 0.25) is 0 Å². The maximum atomic E-state index is 5.82. The fourth-order valence-electron chi connectivity index (χ4n) is 1.52. The summed E-state index contributed by atoms with van der Waals surface area (Å²) in [5.41, 5.74) is 9.56. The Morgan fingerprint density at radius 3 is 2.82 bits per heavy atom. The van der Waals surface area contributed by atoms with E-state index in [1.165, 1.54) is 0 Å². The molecule has 17 heavy (non-hydrogen) atoms. The lowest BCUT2D eigenvalue weighted by molar-refractivity contribution is 1.00. The Kier molecular flexibility index (Phi) is 3.23. The van der Waals surface area contributed by atoms with Crippen LogP contribution < -0.4 is 11.1 Å². The molecule has 2 heterocycles. The van der Waals surface area contributed by atoms with E-state index in [0.717, 1.165) is 28.5 Å². The Hall–Kier alpha value is -2.10. The number of nitrogens with one attached hydrogen (secondary N) is 1. The summed E-state index contributed by atoms with van der Waals surface area (Å²) in [5, 5.41) is 3.20. The van der Waals surface area contributed by atoms with Crippen molar-refractivity contribution >= 4 is 11.5 Å². The summed E-state index contributed by atoms with van der Waals surface area (Å²) in [7, 11) is 0. The summed E-state index contributed by atoms with van der Waals surface area (Å²) in [4.78, 5) is 8.66. The normalized spacial score (nSPS) is 10.2. The Balaban J connectivity index is 2.05. The number of anilines is 2. The van der Waals surface area contributed by atoms with Gasteiger partial charge < -0.3 is 11.1 Å². The van der Waals surface area contributed by atoms with E-state index in [2.05, 4.69) is 15.3 Å². The molecule has 4 heteroatoms. The van der Waals surface area contributed by atoms with Crippen molar-refractivity contribution in [2.24, 2.45) is 0 Å². The van der Waals surface area contributed by atoms with Crippen LogP contribution in [-0.4, -0.2) is 9.97 Å². The van der Waals surface area contributed by atoms with Gasteiger partial charge in [-0.25, -0.2) is 4.98 Å². The Bertz CT molecular complexity index is 523. The molecule has 2 aromatic rings. The van der Waals surface area contributed by atoms with E-state index >= 15 is 0 Å². The number of nitrogens with two attached hydrogens (primary N) is 1. The summed E-state index contributed by atoms with van der Waals surface area (Å²) in [6, 6.07) is 7.80. The third-order valence-corrected chi connectivity index (χ3v) is 2.54. The second-order valence-corrected chi connectivity index (χ2v) is 4.05. The molecule has 4 nitrogen and oxygen atoms in total. The quantitative estimate of drug-likeness (QED) is 0.846. The zero-order valence-electron chi connectivity index (χ0n) is 10.1. The van der Waals surface area contributed by atoms with Gasteiger partial charge in [-0.05, 0) is 31.5 Å². The van der Waals surface area contributed by atoms with Crippen molar-refractivity contribution in [3.05, 3.63) is 47.4 Å². The van der Waals surface area contributed by atoms with E-state index in [4.69, 9.17) is 5.73 Å². The minimum atomic E-state index is 0.650. The maximum absolute atomic E-state index is 5.82. The molecule has 0 aliphatic heterocycles. The van der Waals surface area contributed by atoms with E-state index in [9.17, 15) is 0 Å². The van der Waals surface area contributed by atoms with E-state index in [-0.39, 0.29) is 0 Å². The smallest absolute Gasteiger partial charge is 0.128 e. The van der Waals surface area contributed by atoms with Gasteiger partial charge in [0.15, 0.2) is 0 Å². The molecule has 2 aromatic heterocycles. The van der Waals surface area contributed by atoms with Crippen molar-refractivity contribution in [3.8, 4) is 0 Å². The SMILES string of the molecule is Cc1cccc(CNc2cc(N)c(C)cn2)n1. The molecule has 0 spiro atoms. The summed E-state index contributed by atoms with van der Waals surface area (Å²) in [5.74, 6) is 0.774. The van der Waals surface area contributed by atoms with Crippen molar-refractivity contribution in [1.29, 1.82) is 0 Å². The molecular formula is C13H16N4. The van der Waals surface area contributed by atoms with Gasteiger partial charge in [0.05, 0.1) is 12.2 Å². The molecule has 0 saturated heterocycles. The standard InChI is InChI=1S/C13H16N4/c1-9-7-15-13(6-12(9)14)16-8-11-5-3-4-10(2)17-11/h3-7H,8H2,1-2H3,(H3,14,15,16). The highest BCUT2D eigenvalue weighted by atomic mass is 15.0. The number of pyridine rings is 2. The molecule has 0 saturated carbocycles. The summed E-state index contributed by atoms with van der Waals surface area (Å²) < 4.78 is 0. The predicted molar refractivity (Wildman–Crippen MR) is 69.7 cm³/mol. The van der Waals surface area contributed by atoms with Crippen LogP contribution >= 0.6 is 0 Å². The van der Waals surface area contributed by atoms with Crippen molar-refractivity contribution in [1.82, 2.24) is 9.97 Å². The van der Waals surface area contributed by atoms with Gasteiger partial charge in [0.1, 0.15) is 5.82 Å². The number of hydrogen-bond acceptors (Lipinski definition) is 4. The number of rotatable bonds is 3. The van der Waals surface area contributed by atoms with Crippen LogP contribution in [0.2, 0.25) is 0 Å². The summed E-state index contributed by atoms with van der Waals surface area (Å²) in [6.07, 6.45) is 1.77. The minimum Gasteiger partial charge on any atom is -0.398 e. The van der Waals surface area contributed by atoms with Crippen molar-refractivity contribution in [2.45, 2.75) is 20.4 Å². The highest BCUT2D eigenvalue weighted by Gasteiger charge is 1.99. The van der Waals surface area contributed by atoms with Crippen LogP contribution in [-0.2, 0) is 6.54 Å². The largest absolute Gasteiger partial charge is 0.398 e. The maximum Gasteiger partial charge on any atom is 0.128 e. The highest BCUT2D eigenvalue weighted by Crippen LogP contribution is 2.14. The van der Waals surface area contributed by atoms with Gasteiger partial charge in [-0.3, -0.25) is 4.98 Å². The van der Waals surface area contributed by atoms with Crippen LogP contribution in [0.25, 0.3) is 0 Å². The van der Waals surface area contributed by atoms with Gasteiger partial charge >= 0.3 is 0 Å². The zero-order valence-corrected chi connectivity index (χ0v) is 10.1. The van der Waals surface area contributed by atoms with Crippen molar-refractivity contribution < 1.29 is 0 Å². The van der Waals surface area contributed by atoms with Crippen LogP contribution in [0, 0.1) is 13.8 Å². The number of nitrogen functional groups attached to an aromatic ring is 1. The number of aryl methyl sites for hydroxylation is 2. The van der Waals surface area contributed by atoms with Gasteiger partial charge in [0, 0.05) is 23.6 Å². The molecule has 0 aliphatic carbocycles. The van der Waals surface area contributed by atoms with E-state index < -0.39 is 0 Å². The van der Waals surface area contributed by atoms with Crippen LogP contribution in [0.15, 0.2) is 30.5 Å². The third kappa shape index (κ3) is 2.93. The predicted octanol–water partition coefficient (Wildman–Crippen LogP) is 2.29. The lowest BCUT2D eigenvalue weighted by Crippen LogP contribution is -2.04. The molecular weight excluding hydrogens is 212 g/mol. The number of aromatic nitrogens is 2. The van der Waals surface area contributed by atoms with E-state index in [1.54, 1.807) is 6.20 Å². The van der Waals surface area contributed by atoms with Crippen LogP contribution in [0.1, 0.15) is 17.0 Å². The van der Waals surface area contributed by atoms with Crippen LogP contribution in [0.4, 0.5) is 11.5 Å². The lowest BCUT2D eigenvalue weighted by Gasteiger charge is -2.07. The second kappa shape index (κ2) is 4.82. The van der Waals surface area contributed by atoms with Crippen molar-refractivity contribution in [3.63, 3.8) is 0 Å². The first kappa shape index (κ1) is 11.4. The van der Waals surface area contributed by atoms with Gasteiger partial charge in [0.25, 0.3) is 0 Å². The molecule has 0 fully saturated rings. The minimum absolute atomic E-state index is 0.650. The van der Waals surface area contributed by atoms with Gasteiger partial charge in [-0.2, -0.15) is 0 Å². The number of nitrogens with zero attached hydrogens (tertiary/aromatic N) is 2. The van der Waals surface area contributed by atoms with Gasteiger partial charge in [-0.1, -0.05) is 6.07 Å². The Morgan fingerprint density at radius 2 is 2.12 bits per heavy atom. The van der Waals surface area contributed by atoms with Gasteiger partial charge in [-0.15, -0.1) is 0 Å². The number of hydrogen-bond donors (Lipinski definition) is 2. The molecule has 3 N–H and O–H groups in total. The first-order valence-corrected chi connectivity index (χ1v) is 5.53. The fraction of sp³-hybridized carbons (Fsp3) is 0.231. The average molecular weight is 228 g/mol. The molecule has 0 radical (unpaired) electrons. The zero-order chi connectivity index (χ0) is 12.3. The summed E-state index contributed by atoms with van der Waals surface area (Å²) in [6.45, 7) is 4.57. The molecule has 0 aliphatic rings. The van der Waals surface area contributed by atoms with E-state index in [0.29, 0.717) is 6.54 Å². The lowest BCUT2D eigenvalue weighted by atomic mass is 10.2. The second-order valence-electron chi connectivity index (χ2n) is 4.05.